The quantitative estimate of drug-likeness (QED) is 0.762. The molecule has 112 valence electrons. The molecule has 7 nitrogen and oxygen atoms in total. The van der Waals surface area contributed by atoms with Gasteiger partial charge in [-0.2, -0.15) is 0 Å². The van der Waals surface area contributed by atoms with Gasteiger partial charge in [0.25, 0.3) is 0 Å². The molecule has 1 aromatic carbocycles. The molecule has 1 heterocycles. The Morgan fingerprint density at radius 1 is 1.33 bits per heavy atom. The van der Waals surface area contributed by atoms with Crippen LogP contribution in [0.25, 0.3) is 0 Å². The molecule has 0 saturated heterocycles. The molecule has 2 rings (SSSR count). The standard InChI is InChI=1S/C13H13FN2O5/c14-8-2-1-7-3-4-16(10(7)5-8)13(21)15-9(12(19)20)6-11(17)18/h1-2,5,9H,3-4,6H2,(H,15,21)(H,17,18)(H,19,20). The predicted octanol–water partition coefficient (Wildman–Crippen LogP) is 0.826. The van der Waals surface area contributed by atoms with Crippen LogP contribution in [0.4, 0.5) is 14.9 Å². The van der Waals surface area contributed by atoms with Crippen molar-refractivity contribution in [2.24, 2.45) is 0 Å². The summed E-state index contributed by atoms with van der Waals surface area (Å²) >= 11 is 0. The lowest BCUT2D eigenvalue weighted by atomic mass is 10.2. The van der Waals surface area contributed by atoms with E-state index in [-0.39, 0.29) is 6.54 Å². The minimum Gasteiger partial charge on any atom is -0.481 e. The summed E-state index contributed by atoms with van der Waals surface area (Å²) in [6.45, 7) is 0.282. The van der Waals surface area contributed by atoms with Crippen molar-refractivity contribution in [1.82, 2.24) is 5.32 Å². The zero-order valence-electron chi connectivity index (χ0n) is 10.9. The minimum absolute atomic E-state index is 0.282. The molecule has 0 spiro atoms. The van der Waals surface area contributed by atoms with Crippen molar-refractivity contribution in [3.05, 3.63) is 29.6 Å². The molecule has 1 aliphatic heterocycles. The van der Waals surface area contributed by atoms with E-state index in [9.17, 15) is 18.8 Å². The molecule has 0 fully saturated rings. The second-order valence-electron chi connectivity index (χ2n) is 4.61. The molecule has 0 aliphatic carbocycles. The average molecular weight is 296 g/mol. The van der Waals surface area contributed by atoms with E-state index in [1.165, 1.54) is 17.0 Å². The lowest BCUT2D eigenvalue weighted by Crippen LogP contribution is -2.48. The molecule has 1 aliphatic rings. The van der Waals surface area contributed by atoms with Crippen LogP contribution in [0.1, 0.15) is 12.0 Å². The van der Waals surface area contributed by atoms with Crippen molar-refractivity contribution < 1.29 is 29.0 Å². The Morgan fingerprint density at radius 2 is 2.05 bits per heavy atom. The van der Waals surface area contributed by atoms with Crippen LogP contribution < -0.4 is 10.2 Å². The van der Waals surface area contributed by atoms with Gasteiger partial charge < -0.3 is 15.5 Å². The minimum atomic E-state index is -1.53. The van der Waals surface area contributed by atoms with Gasteiger partial charge in [-0.25, -0.2) is 14.0 Å². The van der Waals surface area contributed by atoms with Gasteiger partial charge >= 0.3 is 18.0 Å². The number of nitrogens with one attached hydrogen (secondary N) is 1. The maximum atomic E-state index is 13.2. The number of benzene rings is 1. The Bertz CT molecular complexity index is 604. The summed E-state index contributed by atoms with van der Waals surface area (Å²) < 4.78 is 13.2. The van der Waals surface area contributed by atoms with Gasteiger partial charge in [0.2, 0.25) is 0 Å². The van der Waals surface area contributed by atoms with Crippen LogP contribution in [-0.4, -0.2) is 40.8 Å². The number of halogens is 1. The van der Waals surface area contributed by atoms with Crippen molar-refractivity contribution in [3.8, 4) is 0 Å². The molecule has 1 unspecified atom stereocenters. The number of carboxylic acid groups (broad SMARTS) is 2. The Balaban J connectivity index is 2.13. The molecule has 0 radical (unpaired) electrons. The molecule has 0 saturated carbocycles. The fourth-order valence-corrected chi connectivity index (χ4v) is 2.16. The van der Waals surface area contributed by atoms with Gasteiger partial charge in [-0.1, -0.05) is 6.07 Å². The molecule has 3 N–H and O–H groups in total. The summed E-state index contributed by atoms with van der Waals surface area (Å²) in [6, 6.07) is 1.74. The first-order chi connectivity index (χ1) is 9.88. The summed E-state index contributed by atoms with van der Waals surface area (Å²) in [5, 5.41) is 19.7. The van der Waals surface area contributed by atoms with E-state index in [4.69, 9.17) is 10.2 Å². The summed E-state index contributed by atoms with van der Waals surface area (Å²) in [7, 11) is 0. The Kier molecular flexibility index (Phi) is 4.06. The molecule has 0 bridgehead atoms. The number of fused-ring (bicyclic) bond motifs is 1. The number of urea groups is 1. The summed E-state index contributed by atoms with van der Waals surface area (Å²) in [5.41, 5.74) is 1.14. The normalized spacial score (nSPS) is 14.4. The number of nitrogens with zero attached hydrogens (tertiary/aromatic N) is 1. The molecule has 1 atom stereocenters. The van der Waals surface area contributed by atoms with E-state index < -0.39 is 36.2 Å². The highest BCUT2D eigenvalue weighted by Gasteiger charge is 2.29. The fourth-order valence-electron chi connectivity index (χ4n) is 2.16. The SMILES string of the molecule is O=C(O)CC(NC(=O)N1CCc2ccc(F)cc21)C(=O)O. The number of carboxylic acids is 2. The Morgan fingerprint density at radius 3 is 2.67 bits per heavy atom. The van der Waals surface area contributed by atoms with Gasteiger partial charge in [-0.3, -0.25) is 9.69 Å². The Hall–Kier alpha value is -2.64. The van der Waals surface area contributed by atoms with Crippen LogP contribution in [0.3, 0.4) is 0 Å². The van der Waals surface area contributed by atoms with Gasteiger partial charge in [-0.05, 0) is 24.1 Å². The molecular formula is C13H13FN2O5. The van der Waals surface area contributed by atoms with Crippen molar-refractivity contribution >= 4 is 23.7 Å². The second kappa shape index (κ2) is 5.78. The summed E-state index contributed by atoms with van der Waals surface area (Å²) in [5.74, 6) is -3.28. The summed E-state index contributed by atoms with van der Waals surface area (Å²) in [4.78, 5) is 34.8. The maximum Gasteiger partial charge on any atom is 0.326 e. The summed E-state index contributed by atoms with van der Waals surface area (Å²) in [6.07, 6.45) is -0.204. The van der Waals surface area contributed by atoms with E-state index in [1.54, 1.807) is 6.07 Å². The first kappa shape index (κ1) is 14.8. The molecule has 2 amide bonds. The zero-order valence-corrected chi connectivity index (χ0v) is 10.9. The van der Waals surface area contributed by atoms with Crippen LogP contribution in [0, 0.1) is 5.82 Å². The van der Waals surface area contributed by atoms with E-state index in [0.717, 1.165) is 5.56 Å². The highest BCUT2D eigenvalue weighted by atomic mass is 19.1. The second-order valence-corrected chi connectivity index (χ2v) is 4.61. The third-order valence-corrected chi connectivity index (χ3v) is 3.16. The van der Waals surface area contributed by atoms with Gasteiger partial charge in [0, 0.05) is 6.54 Å². The lowest BCUT2D eigenvalue weighted by Gasteiger charge is -2.20. The van der Waals surface area contributed by atoms with Gasteiger partial charge in [-0.15, -0.1) is 0 Å². The van der Waals surface area contributed by atoms with Crippen LogP contribution in [0.15, 0.2) is 18.2 Å². The molecule has 1 aromatic rings. The van der Waals surface area contributed by atoms with Crippen molar-refractivity contribution in [1.29, 1.82) is 0 Å². The lowest BCUT2D eigenvalue weighted by molar-refractivity contribution is -0.145. The molecule has 21 heavy (non-hydrogen) atoms. The van der Waals surface area contributed by atoms with E-state index in [0.29, 0.717) is 12.1 Å². The molecular weight excluding hydrogens is 283 g/mol. The highest BCUT2D eigenvalue weighted by Crippen LogP contribution is 2.28. The van der Waals surface area contributed by atoms with Crippen LogP contribution >= 0.6 is 0 Å². The van der Waals surface area contributed by atoms with E-state index in [2.05, 4.69) is 5.32 Å². The number of anilines is 1. The number of amides is 2. The smallest absolute Gasteiger partial charge is 0.326 e. The first-order valence-electron chi connectivity index (χ1n) is 6.19. The van der Waals surface area contributed by atoms with E-state index >= 15 is 0 Å². The molecule has 0 aromatic heterocycles. The predicted molar refractivity (Wildman–Crippen MR) is 69.7 cm³/mol. The number of rotatable bonds is 4. The van der Waals surface area contributed by atoms with Gasteiger partial charge in [0.1, 0.15) is 11.9 Å². The number of aliphatic carboxylic acids is 2. The third-order valence-electron chi connectivity index (χ3n) is 3.16. The Labute approximate surface area is 119 Å². The number of carbonyl (C=O) groups is 3. The largest absolute Gasteiger partial charge is 0.481 e. The number of carbonyl (C=O) groups excluding carboxylic acids is 1. The molecule has 8 heteroatoms. The fraction of sp³-hybridized carbons (Fsp3) is 0.308. The van der Waals surface area contributed by atoms with Crippen molar-refractivity contribution in [2.45, 2.75) is 18.9 Å². The monoisotopic (exact) mass is 296 g/mol. The van der Waals surface area contributed by atoms with Crippen molar-refractivity contribution in [2.75, 3.05) is 11.4 Å². The van der Waals surface area contributed by atoms with Crippen LogP contribution in [0.5, 0.6) is 0 Å². The van der Waals surface area contributed by atoms with Crippen LogP contribution in [0.2, 0.25) is 0 Å². The third kappa shape index (κ3) is 3.28. The zero-order chi connectivity index (χ0) is 15.6. The topological polar surface area (TPSA) is 107 Å². The van der Waals surface area contributed by atoms with Crippen LogP contribution in [-0.2, 0) is 16.0 Å². The first-order valence-corrected chi connectivity index (χ1v) is 6.19. The number of hydrogen-bond acceptors (Lipinski definition) is 3. The highest BCUT2D eigenvalue weighted by molar-refractivity contribution is 5.97. The average Bonchev–Trinajstić information content (AvgIpc) is 2.80. The van der Waals surface area contributed by atoms with E-state index in [1.807, 2.05) is 0 Å². The van der Waals surface area contributed by atoms with Crippen molar-refractivity contribution in [3.63, 3.8) is 0 Å². The van der Waals surface area contributed by atoms with Gasteiger partial charge in [0.05, 0.1) is 12.1 Å². The maximum absolute atomic E-state index is 13.2. The number of hydrogen-bond donors (Lipinski definition) is 3. The van der Waals surface area contributed by atoms with Gasteiger partial charge in [0.15, 0.2) is 0 Å².